The van der Waals surface area contributed by atoms with Crippen molar-refractivity contribution in [2.24, 2.45) is 4.99 Å². The molecule has 5 rings (SSSR count). The summed E-state index contributed by atoms with van der Waals surface area (Å²) < 4.78 is 0. The molecule has 3 heteroatoms. The maximum absolute atomic E-state index is 12.6. The van der Waals surface area contributed by atoms with Gasteiger partial charge in [-0.25, -0.2) is 0 Å². The van der Waals surface area contributed by atoms with E-state index >= 15 is 0 Å². The lowest BCUT2D eigenvalue weighted by Crippen LogP contribution is -2.04. The molecular formula is C30H25NO2. The van der Waals surface area contributed by atoms with Gasteiger partial charge in [0.15, 0.2) is 11.6 Å². The second kappa shape index (κ2) is 7.35. The van der Waals surface area contributed by atoms with Gasteiger partial charge in [-0.2, -0.15) is 0 Å². The van der Waals surface area contributed by atoms with E-state index < -0.39 is 0 Å². The summed E-state index contributed by atoms with van der Waals surface area (Å²) in [7, 11) is 1.77. The van der Waals surface area contributed by atoms with Gasteiger partial charge in [0.05, 0.1) is 0 Å². The van der Waals surface area contributed by atoms with Gasteiger partial charge in [-0.15, -0.1) is 0 Å². The van der Waals surface area contributed by atoms with E-state index in [1.165, 1.54) is 0 Å². The monoisotopic (exact) mass is 431 g/mol. The molecule has 3 nitrogen and oxygen atoms in total. The SMILES string of the molecule is C=C(C)c1ccc2c3ccc(C(C)=O)c4c(/C(C)=N/C)ccc(c5ccc(C(C)=O)c1c25)c43. The number of allylic oxidation sites excluding steroid dienone is 1. The van der Waals surface area contributed by atoms with Crippen LogP contribution in [0.1, 0.15) is 59.5 Å². The van der Waals surface area contributed by atoms with Crippen LogP contribution in [0.5, 0.6) is 0 Å². The van der Waals surface area contributed by atoms with Crippen molar-refractivity contribution in [3.8, 4) is 0 Å². The van der Waals surface area contributed by atoms with Crippen molar-refractivity contribution >= 4 is 65.9 Å². The van der Waals surface area contributed by atoms with E-state index in [4.69, 9.17) is 0 Å². The molecule has 0 fully saturated rings. The minimum atomic E-state index is 0.0318. The van der Waals surface area contributed by atoms with Crippen LogP contribution in [0.4, 0.5) is 0 Å². The molecule has 162 valence electrons. The Morgan fingerprint density at radius 3 is 1.30 bits per heavy atom. The number of Topliss-reactive ketones (excluding diaryl/α,β-unsaturated/α-hetero) is 2. The van der Waals surface area contributed by atoms with Crippen molar-refractivity contribution in [2.45, 2.75) is 27.7 Å². The van der Waals surface area contributed by atoms with E-state index in [-0.39, 0.29) is 11.6 Å². The highest BCUT2D eigenvalue weighted by Crippen LogP contribution is 2.44. The Hall–Kier alpha value is -3.85. The van der Waals surface area contributed by atoms with Crippen molar-refractivity contribution in [1.82, 2.24) is 0 Å². The molecule has 0 saturated heterocycles. The second-order valence-corrected chi connectivity index (χ2v) is 8.84. The number of hydrogen-bond acceptors (Lipinski definition) is 3. The Kier molecular flexibility index (Phi) is 4.68. The highest BCUT2D eigenvalue weighted by molar-refractivity contribution is 6.38. The first-order valence-electron chi connectivity index (χ1n) is 11.1. The summed E-state index contributed by atoms with van der Waals surface area (Å²) in [6.07, 6.45) is 0. The number of fused-ring (bicyclic) bond motifs is 2. The summed E-state index contributed by atoms with van der Waals surface area (Å²) in [5.74, 6) is 0.0681. The van der Waals surface area contributed by atoms with Gasteiger partial charge in [0.2, 0.25) is 0 Å². The van der Waals surface area contributed by atoms with Crippen LogP contribution in [0.25, 0.3) is 48.7 Å². The highest BCUT2D eigenvalue weighted by atomic mass is 16.1. The molecule has 0 amide bonds. The lowest BCUT2D eigenvalue weighted by Gasteiger charge is -2.20. The standard InChI is InChI=1S/C30H25NO2/c1-15(2)19-7-11-23-26-14-10-22(18(5)33)28-20(16(3)31-6)8-12-24(30(26)28)25-13-9-21(17(4)32)27(19)29(23)25/h7-14H,1H2,2-6H3/b31-16+. The smallest absolute Gasteiger partial charge is 0.160 e. The molecule has 0 aliphatic carbocycles. The summed E-state index contributed by atoms with van der Waals surface area (Å²) in [4.78, 5) is 29.6. The van der Waals surface area contributed by atoms with Crippen molar-refractivity contribution in [3.05, 3.63) is 77.4 Å². The predicted octanol–water partition coefficient (Wildman–Crippen LogP) is 7.61. The van der Waals surface area contributed by atoms with Crippen molar-refractivity contribution in [1.29, 1.82) is 0 Å². The number of rotatable bonds is 4. The van der Waals surface area contributed by atoms with Crippen LogP contribution < -0.4 is 0 Å². The molecule has 0 unspecified atom stereocenters. The summed E-state index contributed by atoms with van der Waals surface area (Å²) in [5.41, 5.74) is 5.19. The molecule has 0 aliphatic heterocycles. The zero-order valence-corrected chi connectivity index (χ0v) is 19.6. The summed E-state index contributed by atoms with van der Waals surface area (Å²) in [6, 6.07) is 16.3. The fourth-order valence-corrected chi connectivity index (χ4v) is 5.25. The fraction of sp³-hybridized carbons (Fsp3) is 0.167. The van der Waals surface area contributed by atoms with Crippen LogP contribution >= 0.6 is 0 Å². The second-order valence-electron chi connectivity index (χ2n) is 8.84. The van der Waals surface area contributed by atoms with Gasteiger partial charge in [-0.3, -0.25) is 14.6 Å². The Bertz CT molecular complexity index is 1630. The minimum absolute atomic E-state index is 0.0318. The number of ketones is 2. The van der Waals surface area contributed by atoms with Crippen LogP contribution in [0.3, 0.4) is 0 Å². The molecule has 0 spiro atoms. The van der Waals surface area contributed by atoms with Gasteiger partial charge in [0, 0.05) is 40.2 Å². The largest absolute Gasteiger partial charge is 0.294 e. The topological polar surface area (TPSA) is 46.5 Å². The molecular weight excluding hydrogens is 406 g/mol. The number of aliphatic imine (C=N–C) groups is 1. The number of carbonyl (C=O) groups is 2. The zero-order valence-electron chi connectivity index (χ0n) is 19.6. The first kappa shape index (κ1) is 21.0. The molecule has 0 saturated carbocycles. The highest BCUT2D eigenvalue weighted by Gasteiger charge is 2.22. The third kappa shape index (κ3) is 2.85. The number of nitrogens with zero attached hydrogens (tertiary/aromatic N) is 1. The molecule has 0 aliphatic rings. The Morgan fingerprint density at radius 2 is 0.939 bits per heavy atom. The van der Waals surface area contributed by atoms with E-state index in [0.29, 0.717) is 11.1 Å². The molecule has 5 aromatic rings. The van der Waals surface area contributed by atoms with E-state index in [2.05, 4.69) is 35.8 Å². The average molecular weight is 432 g/mol. The van der Waals surface area contributed by atoms with Crippen molar-refractivity contribution < 1.29 is 9.59 Å². The molecule has 5 aromatic carbocycles. The normalized spacial score (nSPS) is 12.3. The summed E-state index contributed by atoms with van der Waals surface area (Å²) >= 11 is 0. The first-order valence-corrected chi connectivity index (χ1v) is 11.1. The van der Waals surface area contributed by atoms with Gasteiger partial charge in [-0.1, -0.05) is 60.7 Å². The zero-order chi connectivity index (χ0) is 23.6. The predicted molar refractivity (Wildman–Crippen MR) is 141 cm³/mol. The average Bonchev–Trinajstić information content (AvgIpc) is 2.80. The van der Waals surface area contributed by atoms with Gasteiger partial charge < -0.3 is 0 Å². The van der Waals surface area contributed by atoms with Gasteiger partial charge in [0.1, 0.15) is 0 Å². The number of carbonyl (C=O) groups excluding carboxylic acids is 2. The third-order valence-corrected chi connectivity index (χ3v) is 6.85. The first-order chi connectivity index (χ1) is 15.8. The van der Waals surface area contributed by atoms with Crippen LogP contribution in [0.2, 0.25) is 0 Å². The molecule has 0 heterocycles. The number of benzene rings is 5. The molecule has 33 heavy (non-hydrogen) atoms. The van der Waals surface area contributed by atoms with Crippen LogP contribution in [-0.4, -0.2) is 24.3 Å². The fourth-order valence-electron chi connectivity index (χ4n) is 5.25. The van der Waals surface area contributed by atoms with Crippen LogP contribution in [0.15, 0.2) is 60.1 Å². The Labute approximate surface area is 192 Å². The van der Waals surface area contributed by atoms with E-state index in [1.54, 1.807) is 20.9 Å². The van der Waals surface area contributed by atoms with Crippen LogP contribution in [0, 0.1) is 0 Å². The van der Waals surface area contributed by atoms with E-state index in [1.807, 2.05) is 38.1 Å². The molecule has 0 bridgehead atoms. The maximum Gasteiger partial charge on any atom is 0.160 e. The summed E-state index contributed by atoms with van der Waals surface area (Å²) in [5, 5.41) is 8.32. The number of hydrogen-bond donors (Lipinski definition) is 0. The van der Waals surface area contributed by atoms with Gasteiger partial charge >= 0.3 is 0 Å². The van der Waals surface area contributed by atoms with Crippen LogP contribution in [-0.2, 0) is 0 Å². The minimum Gasteiger partial charge on any atom is -0.294 e. The van der Waals surface area contributed by atoms with Gasteiger partial charge in [0.25, 0.3) is 0 Å². The lowest BCUT2D eigenvalue weighted by atomic mass is 9.82. The van der Waals surface area contributed by atoms with Crippen molar-refractivity contribution in [3.63, 3.8) is 0 Å². The Balaban J connectivity index is 2.16. The third-order valence-electron chi connectivity index (χ3n) is 6.85. The molecule has 0 N–H and O–H groups in total. The van der Waals surface area contributed by atoms with Gasteiger partial charge in [-0.05, 0) is 65.6 Å². The molecule has 0 radical (unpaired) electrons. The quantitative estimate of drug-likeness (QED) is 0.127. The van der Waals surface area contributed by atoms with E-state index in [9.17, 15) is 9.59 Å². The Morgan fingerprint density at radius 1 is 0.576 bits per heavy atom. The lowest BCUT2D eigenvalue weighted by molar-refractivity contribution is 0.101. The summed E-state index contributed by atoms with van der Waals surface area (Å²) in [6.45, 7) is 11.3. The molecule has 0 aromatic heterocycles. The molecule has 0 atom stereocenters. The van der Waals surface area contributed by atoms with Crippen molar-refractivity contribution in [2.75, 3.05) is 7.05 Å². The maximum atomic E-state index is 12.6. The van der Waals surface area contributed by atoms with E-state index in [0.717, 1.165) is 65.5 Å².